The smallest absolute Gasteiger partial charge is 0.330 e. The molecule has 0 saturated heterocycles. The van der Waals surface area contributed by atoms with E-state index in [2.05, 4.69) is 6.58 Å². The second-order valence-electron chi connectivity index (χ2n) is 1.93. The predicted molar refractivity (Wildman–Crippen MR) is 34.2 cm³/mol. The van der Waals surface area contributed by atoms with Gasteiger partial charge in [-0.1, -0.05) is 6.58 Å². The number of carboxylic acid groups (broad SMARTS) is 1. The summed E-state index contributed by atoms with van der Waals surface area (Å²) in [6.07, 6.45) is -1.32. The molecule has 0 spiro atoms. The molecular formula is C6H10O4. The van der Waals surface area contributed by atoms with E-state index < -0.39 is 12.3 Å². The summed E-state index contributed by atoms with van der Waals surface area (Å²) < 4.78 is 0. The van der Waals surface area contributed by atoms with E-state index in [1.54, 1.807) is 0 Å². The molecule has 0 atom stereocenters. The van der Waals surface area contributed by atoms with Gasteiger partial charge >= 0.3 is 5.97 Å². The van der Waals surface area contributed by atoms with Crippen LogP contribution in [-0.2, 0) is 4.79 Å². The lowest BCUT2D eigenvalue weighted by molar-refractivity contribution is -0.132. The second kappa shape index (κ2) is 4.03. The van der Waals surface area contributed by atoms with Crippen LogP contribution in [0.2, 0.25) is 0 Å². The summed E-state index contributed by atoms with van der Waals surface area (Å²) in [5, 5.41) is 24.8. The van der Waals surface area contributed by atoms with Crippen molar-refractivity contribution in [2.75, 3.05) is 0 Å². The zero-order valence-electron chi connectivity index (χ0n) is 5.45. The fourth-order valence-electron chi connectivity index (χ4n) is 0.410. The van der Waals surface area contributed by atoms with Crippen molar-refractivity contribution in [3.05, 3.63) is 12.2 Å². The normalized spacial score (nSPS) is 9.90. The Hall–Kier alpha value is -0.870. The maximum atomic E-state index is 10.0. The summed E-state index contributed by atoms with van der Waals surface area (Å²) in [7, 11) is 0. The van der Waals surface area contributed by atoms with Crippen LogP contribution in [0, 0.1) is 0 Å². The van der Waals surface area contributed by atoms with Crippen LogP contribution in [-0.4, -0.2) is 27.6 Å². The van der Waals surface area contributed by atoms with Crippen molar-refractivity contribution in [3.63, 3.8) is 0 Å². The number of rotatable bonds is 4. The lowest BCUT2D eigenvalue weighted by Crippen LogP contribution is -2.07. The molecule has 4 heteroatoms. The van der Waals surface area contributed by atoms with Crippen molar-refractivity contribution in [3.8, 4) is 0 Å². The standard InChI is InChI=1S/C6H10O4/c1-4(6(9)10)2-3-5(7)8/h5,7-8H,1-3H2,(H,9,10). The Morgan fingerprint density at radius 3 is 2.30 bits per heavy atom. The summed E-state index contributed by atoms with van der Waals surface area (Å²) in [6, 6.07) is 0. The molecule has 0 aromatic rings. The van der Waals surface area contributed by atoms with Crippen LogP contribution in [0.3, 0.4) is 0 Å². The Morgan fingerprint density at radius 2 is 2.00 bits per heavy atom. The Labute approximate surface area is 58.4 Å². The average molecular weight is 146 g/mol. The third kappa shape index (κ3) is 4.05. The highest BCUT2D eigenvalue weighted by Crippen LogP contribution is 2.03. The van der Waals surface area contributed by atoms with E-state index in [0.717, 1.165) is 0 Å². The van der Waals surface area contributed by atoms with Crippen LogP contribution in [0.15, 0.2) is 12.2 Å². The Bertz CT molecular complexity index is 139. The highest BCUT2D eigenvalue weighted by atomic mass is 16.5. The topological polar surface area (TPSA) is 77.8 Å². The molecular weight excluding hydrogens is 136 g/mol. The highest BCUT2D eigenvalue weighted by molar-refractivity contribution is 5.85. The van der Waals surface area contributed by atoms with Gasteiger partial charge in [-0.25, -0.2) is 4.79 Å². The quantitative estimate of drug-likeness (QED) is 0.376. The Kier molecular flexibility index (Phi) is 3.68. The van der Waals surface area contributed by atoms with Crippen molar-refractivity contribution < 1.29 is 20.1 Å². The first-order valence-electron chi connectivity index (χ1n) is 2.81. The van der Waals surface area contributed by atoms with E-state index in [0.29, 0.717) is 0 Å². The Morgan fingerprint density at radius 1 is 1.50 bits per heavy atom. The minimum Gasteiger partial charge on any atom is -0.478 e. The van der Waals surface area contributed by atoms with Gasteiger partial charge in [0.2, 0.25) is 0 Å². The number of aliphatic hydroxyl groups is 2. The van der Waals surface area contributed by atoms with Crippen molar-refractivity contribution >= 4 is 5.97 Å². The SMILES string of the molecule is C=C(CCC(O)O)C(=O)O. The molecule has 0 saturated carbocycles. The summed E-state index contributed by atoms with van der Waals surface area (Å²) >= 11 is 0. The fourth-order valence-corrected chi connectivity index (χ4v) is 0.410. The predicted octanol–water partition coefficient (Wildman–Crippen LogP) is -0.282. The average Bonchev–Trinajstić information content (AvgIpc) is 1.82. The molecule has 0 rings (SSSR count). The van der Waals surface area contributed by atoms with Crippen LogP contribution < -0.4 is 0 Å². The van der Waals surface area contributed by atoms with Gasteiger partial charge in [0, 0.05) is 12.0 Å². The van der Waals surface area contributed by atoms with Crippen molar-refractivity contribution in [2.45, 2.75) is 19.1 Å². The molecule has 0 radical (unpaired) electrons. The molecule has 0 aliphatic carbocycles. The number of aliphatic hydroxyl groups excluding tert-OH is 1. The number of carbonyl (C=O) groups is 1. The molecule has 0 amide bonds. The van der Waals surface area contributed by atoms with Crippen LogP contribution in [0.4, 0.5) is 0 Å². The lowest BCUT2D eigenvalue weighted by atomic mass is 10.2. The van der Waals surface area contributed by atoms with Crippen molar-refractivity contribution in [1.29, 1.82) is 0 Å². The molecule has 0 aliphatic heterocycles. The van der Waals surface area contributed by atoms with E-state index in [-0.39, 0.29) is 18.4 Å². The molecule has 0 unspecified atom stereocenters. The first kappa shape index (κ1) is 9.13. The van der Waals surface area contributed by atoms with Gasteiger partial charge in [0.05, 0.1) is 0 Å². The molecule has 0 aromatic carbocycles. The molecule has 0 bridgehead atoms. The van der Waals surface area contributed by atoms with Gasteiger partial charge in [-0.3, -0.25) is 0 Å². The van der Waals surface area contributed by atoms with Crippen LogP contribution in [0.25, 0.3) is 0 Å². The van der Waals surface area contributed by atoms with Crippen LogP contribution in [0.5, 0.6) is 0 Å². The number of aliphatic carboxylic acids is 1. The zero-order chi connectivity index (χ0) is 8.15. The summed E-state index contributed by atoms with van der Waals surface area (Å²) in [4.78, 5) is 10.0. The van der Waals surface area contributed by atoms with Crippen LogP contribution >= 0.6 is 0 Å². The minimum atomic E-state index is -1.45. The van der Waals surface area contributed by atoms with Gasteiger partial charge in [-0.2, -0.15) is 0 Å². The van der Waals surface area contributed by atoms with Crippen LogP contribution in [0.1, 0.15) is 12.8 Å². The zero-order valence-corrected chi connectivity index (χ0v) is 5.45. The molecule has 0 fully saturated rings. The fraction of sp³-hybridized carbons (Fsp3) is 0.500. The second-order valence-corrected chi connectivity index (χ2v) is 1.93. The first-order chi connectivity index (χ1) is 4.54. The first-order valence-corrected chi connectivity index (χ1v) is 2.81. The van der Waals surface area contributed by atoms with Gasteiger partial charge in [0.15, 0.2) is 6.29 Å². The summed E-state index contributed by atoms with van der Waals surface area (Å²) in [6.45, 7) is 3.20. The summed E-state index contributed by atoms with van der Waals surface area (Å²) in [5.41, 5.74) is -0.00639. The molecule has 0 aliphatic rings. The van der Waals surface area contributed by atoms with Gasteiger partial charge in [-0.15, -0.1) is 0 Å². The van der Waals surface area contributed by atoms with Crippen molar-refractivity contribution in [1.82, 2.24) is 0 Å². The van der Waals surface area contributed by atoms with E-state index in [1.807, 2.05) is 0 Å². The third-order valence-electron chi connectivity index (χ3n) is 1.01. The van der Waals surface area contributed by atoms with E-state index in [9.17, 15) is 4.79 Å². The van der Waals surface area contributed by atoms with E-state index in [4.69, 9.17) is 15.3 Å². The van der Waals surface area contributed by atoms with Gasteiger partial charge in [0.1, 0.15) is 0 Å². The summed E-state index contributed by atoms with van der Waals surface area (Å²) in [5.74, 6) is -1.10. The largest absolute Gasteiger partial charge is 0.478 e. The lowest BCUT2D eigenvalue weighted by Gasteiger charge is -2.01. The molecule has 10 heavy (non-hydrogen) atoms. The van der Waals surface area contributed by atoms with E-state index in [1.165, 1.54) is 0 Å². The number of carboxylic acids is 1. The molecule has 3 N–H and O–H groups in total. The highest BCUT2D eigenvalue weighted by Gasteiger charge is 2.05. The van der Waals surface area contributed by atoms with Crippen molar-refractivity contribution in [2.24, 2.45) is 0 Å². The molecule has 4 nitrogen and oxygen atoms in total. The number of hydrogen-bond acceptors (Lipinski definition) is 3. The molecule has 0 heterocycles. The molecule has 0 aromatic heterocycles. The monoisotopic (exact) mass is 146 g/mol. The van der Waals surface area contributed by atoms with Gasteiger partial charge in [-0.05, 0) is 6.42 Å². The molecule has 58 valence electrons. The maximum Gasteiger partial charge on any atom is 0.330 e. The van der Waals surface area contributed by atoms with Gasteiger partial charge in [0.25, 0.3) is 0 Å². The Balaban J connectivity index is 3.50. The number of hydrogen-bond donors (Lipinski definition) is 3. The minimum absolute atomic E-state index is 0.00639. The third-order valence-corrected chi connectivity index (χ3v) is 1.01. The van der Waals surface area contributed by atoms with Gasteiger partial charge < -0.3 is 15.3 Å². The maximum absolute atomic E-state index is 10.0. The van der Waals surface area contributed by atoms with E-state index >= 15 is 0 Å².